The Kier molecular flexibility index (Phi) is 5.12. The smallest absolute Gasteiger partial charge is 0.264 e. The van der Waals surface area contributed by atoms with Crippen molar-refractivity contribution in [2.24, 2.45) is 0 Å². The van der Waals surface area contributed by atoms with Crippen LogP contribution in [0.4, 0.5) is 0 Å². The summed E-state index contributed by atoms with van der Waals surface area (Å²) in [4.78, 5) is 11.7. The van der Waals surface area contributed by atoms with E-state index >= 15 is 0 Å². The number of nitrogens with one attached hydrogen (secondary N) is 1. The van der Waals surface area contributed by atoms with Crippen molar-refractivity contribution in [3.63, 3.8) is 0 Å². The first-order valence-electron chi connectivity index (χ1n) is 6.42. The van der Waals surface area contributed by atoms with Crippen molar-refractivity contribution in [2.75, 3.05) is 13.4 Å². The van der Waals surface area contributed by atoms with Crippen LogP contribution in [0, 0.1) is 0 Å². The first-order chi connectivity index (χ1) is 10.8. The van der Waals surface area contributed by atoms with Gasteiger partial charge in [0.25, 0.3) is 5.91 Å². The molecule has 0 saturated heterocycles. The van der Waals surface area contributed by atoms with Gasteiger partial charge in [0.2, 0.25) is 10.0 Å². The Hall–Kier alpha value is -2.25. The van der Waals surface area contributed by atoms with Gasteiger partial charge in [0, 0.05) is 11.6 Å². The molecule has 2 aromatic carbocycles. The molecule has 0 fully saturated rings. The molecule has 2 rings (SSSR count). The molecular formula is C15H14ClNO5S. The lowest BCUT2D eigenvalue weighted by Gasteiger charge is -2.10. The average molecular weight is 356 g/mol. The second-order valence-corrected chi connectivity index (χ2v) is 6.78. The zero-order valence-electron chi connectivity index (χ0n) is 12.4. The molecule has 0 atom stereocenters. The van der Waals surface area contributed by atoms with Gasteiger partial charge < -0.3 is 9.47 Å². The molecule has 0 radical (unpaired) electrons. The van der Waals surface area contributed by atoms with Crippen LogP contribution >= 0.6 is 11.6 Å². The van der Waals surface area contributed by atoms with E-state index in [1.165, 1.54) is 31.4 Å². The Balaban J connectivity index is 2.16. The van der Waals surface area contributed by atoms with E-state index < -0.39 is 15.9 Å². The summed E-state index contributed by atoms with van der Waals surface area (Å²) in [7, 11) is -2.08. The van der Waals surface area contributed by atoms with Crippen molar-refractivity contribution in [1.82, 2.24) is 4.72 Å². The molecule has 0 spiro atoms. The highest BCUT2D eigenvalue weighted by Crippen LogP contribution is 2.32. The minimum absolute atomic E-state index is 0.194. The third-order valence-electron chi connectivity index (χ3n) is 2.76. The highest BCUT2D eigenvalue weighted by molar-refractivity contribution is 7.89. The standard InChI is InChI=1S/C15H14ClNO5S/c1-21-12-7-8-13(16)14(9-12)22-11-5-3-10(4-6-11)15(18)17-23(2,19)20/h3-9H,1-2H3,(H,17,18). The number of carbonyl (C=O) groups is 1. The number of benzene rings is 2. The van der Waals surface area contributed by atoms with Crippen LogP contribution in [0.2, 0.25) is 5.02 Å². The van der Waals surface area contributed by atoms with Crippen molar-refractivity contribution >= 4 is 27.5 Å². The Morgan fingerprint density at radius 2 is 1.70 bits per heavy atom. The highest BCUT2D eigenvalue weighted by Gasteiger charge is 2.11. The van der Waals surface area contributed by atoms with Crippen LogP contribution in [-0.4, -0.2) is 27.7 Å². The second-order valence-electron chi connectivity index (χ2n) is 4.63. The molecule has 0 saturated carbocycles. The molecule has 8 heteroatoms. The van der Waals surface area contributed by atoms with E-state index in [1.807, 2.05) is 4.72 Å². The number of methoxy groups -OCH3 is 1. The van der Waals surface area contributed by atoms with E-state index in [0.717, 1.165) is 6.26 Å². The van der Waals surface area contributed by atoms with Crippen molar-refractivity contribution in [3.05, 3.63) is 53.1 Å². The molecule has 0 aliphatic rings. The van der Waals surface area contributed by atoms with Crippen LogP contribution in [-0.2, 0) is 10.0 Å². The third-order valence-corrected chi connectivity index (χ3v) is 3.63. The van der Waals surface area contributed by atoms with Crippen LogP contribution in [0.5, 0.6) is 17.2 Å². The number of carbonyl (C=O) groups excluding carboxylic acids is 1. The molecule has 0 bridgehead atoms. The maximum atomic E-state index is 11.7. The Morgan fingerprint density at radius 3 is 2.26 bits per heavy atom. The number of rotatable bonds is 5. The van der Waals surface area contributed by atoms with Gasteiger partial charge in [-0.2, -0.15) is 0 Å². The summed E-state index contributed by atoms with van der Waals surface area (Å²) in [5.41, 5.74) is 0.194. The summed E-state index contributed by atoms with van der Waals surface area (Å²) in [5, 5.41) is 0.407. The molecule has 0 aliphatic carbocycles. The number of hydrogen-bond donors (Lipinski definition) is 1. The van der Waals surface area contributed by atoms with E-state index in [4.69, 9.17) is 21.1 Å². The molecule has 0 heterocycles. The van der Waals surface area contributed by atoms with E-state index in [0.29, 0.717) is 22.3 Å². The molecule has 1 N–H and O–H groups in total. The molecule has 2 aromatic rings. The van der Waals surface area contributed by atoms with Crippen LogP contribution in [0.1, 0.15) is 10.4 Å². The summed E-state index contributed by atoms with van der Waals surface area (Å²) in [6.45, 7) is 0. The molecule has 23 heavy (non-hydrogen) atoms. The Morgan fingerprint density at radius 1 is 1.09 bits per heavy atom. The van der Waals surface area contributed by atoms with Crippen LogP contribution < -0.4 is 14.2 Å². The van der Waals surface area contributed by atoms with Gasteiger partial charge in [-0.15, -0.1) is 0 Å². The van der Waals surface area contributed by atoms with Crippen molar-refractivity contribution in [2.45, 2.75) is 0 Å². The topological polar surface area (TPSA) is 81.7 Å². The maximum absolute atomic E-state index is 11.7. The normalized spacial score (nSPS) is 10.9. The summed E-state index contributed by atoms with van der Waals surface area (Å²) < 4.78 is 34.7. The van der Waals surface area contributed by atoms with Crippen LogP contribution in [0.25, 0.3) is 0 Å². The SMILES string of the molecule is COc1ccc(Cl)c(Oc2ccc(C(=O)NS(C)(=O)=O)cc2)c1. The molecule has 1 amide bonds. The van der Waals surface area contributed by atoms with Gasteiger partial charge in [0.05, 0.1) is 18.4 Å². The second kappa shape index (κ2) is 6.89. The summed E-state index contributed by atoms with van der Waals surface area (Å²) in [6, 6.07) is 10.9. The zero-order chi connectivity index (χ0) is 17.0. The third kappa shape index (κ3) is 4.87. The lowest BCUT2D eigenvalue weighted by atomic mass is 10.2. The lowest BCUT2D eigenvalue weighted by molar-refractivity contribution is 0.0981. The predicted molar refractivity (Wildman–Crippen MR) is 86.8 cm³/mol. The molecule has 0 aromatic heterocycles. The van der Waals surface area contributed by atoms with E-state index in [9.17, 15) is 13.2 Å². The number of halogens is 1. The van der Waals surface area contributed by atoms with Gasteiger partial charge in [-0.05, 0) is 36.4 Å². The number of sulfonamides is 1. The molecule has 6 nitrogen and oxygen atoms in total. The first-order valence-corrected chi connectivity index (χ1v) is 8.69. The van der Waals surface area contributed by atoms with Gasteiger partial charge in [0.1, 0.15) is 17.2 Å². The summed E-state index contributed by atoms with van der Waals surface area (Å²) in [6.07, 6.45) is 0.910. The van der Waals surface area contributed by atoms with Crippen LogP contribution in [0.15, 0.2) is 42.5 Å². The summed E-state index contributed by atoms with van der Waals surface area (Å²) >= 11 is 6.05. The quantitative estimate of drug-likeness (QED) is 0.891. The van der Waals surface area contributed by atoms with E-state index in [-0.39, 0.29) is 5.56 Å². The minimum Gasteiger partial charge on any atom is -0.497 e. The average Bonchev–Trinajstić information content (AvgIpc) is 2.48. The van der Waals surface area contributed by atoms with Gasteiger partial charge >= 0.3 is 0 Å². The van der Waals surface area contributed by atoms with E-state index in [1.54, 1.807) is 18.2 Å². The van der Waals surface area contributed by atoms with Crippen molar-refractivity contribution in [1.29, 1.82) is 0 Å². The van der Waals surface area contributed by atoms with Gasteiger partial charge in [0.15, 0.2) is 0 Å². The van der Waals surface area contributed by atoms with Gasteiger partial charge in [-0.1, -0.05) is 11.6 Å². The molecule has 0 aliphatic heterocycles. The Labute approximate surface area is 139 Å². The first kappa shape index (κ1) is 17.1. The van der Waals surface area contributed by atoms with Crippen molar-refractivity contribution in [3.8, 4) is 17.2 Å². The van der Waals surface area contributed by atoms with Gasteiger partial charge in [-0.25, -0.2) is 13.1 Å². The van der Waals surface area contributed by atoms with Crippen molar-refractivity contribution < 1.29 is 22.7 Å². The summed E-state index contributed by atoms with van der Waals surface area (Å²) in [5.74, 6) is 0.724. The molecule has 122 valence electrons. The molecular weight excluding hydrogens is 342 g/mol. The lowest BCUT2D eigenvalue weighted by Crippen LogP contribution is -2.29. The predicted octanol–water partition coefficient (Wildman–Crippen LogP) is 2.83. The number of hydrogen-bond acceptors (Lipinski definition) is 5. The highest BCUT2D eigenvalue weighted by atomic mass is 35.5. The zero-order valence-corrected chi connectivity index (χ0v) is 13.9. The van der Waals surface area contributed by atoms with Gasteiger partial charge in [-0.3, -0.25) is 4.79 Å². The number of amides is 1. The Bertz CT molecular complexity index is 818. The fourth-order valence-corrected chi connectivity index (χ4v) is 2.33. The minimum atomic E-state index is -3.61. The monoisotopic (exact) mass is 355 g/mol. The van der Waals surface area contributed by atoms with Crippen LogP contribution in [0.3, 0.4) is 0 Å². The van der Waals surface area contributed by atoms with E-state index in [2.05, 4.69) is 0 Å². The fourth-order valence-electron chi connectivity index (χ4n) is 1.72. The largest absolute Gasteiger partial charge is 0.497 e. The molecule has 0 unspecified atom stereocenters. The maximum Gasteiger partial charge on any atom is 0.264 e. The number of ether oxygens (including phenoxy) is 2. The fraction of sp³-hybridized carbons (Fsp3) is 0.133.